The zero-order valence-electron chi connectivity index (χ0n) is 6.83. The number of thiophene rings is 1. The van der Waals surface area contributed by atoms with Crippen LogP contribution in [0, 0.1) is 5.82 Å². The quantitative estimate of drug-likeness (QED) is 0.739. The monoisotopic (exact) mass is 193 g/mol. The van der Waals surface area contributed by atoms with Gasteiger partial charge in [0, 0.05) is 11.1 Å². The third-order valence-corrected chi connectivity index (χ3v) is 2.61. The first-order chi connectivity index (χ1) is 6.29. The second-order valence-electron chi connectivity index (χ2n) is 2.68. The molecule has 0 aliphatic carbocycles. The van der Waals surface area contributed by atoms with E-state index in [2.05, 4.69) is 0 Å². The Bertz CT molecular complexity index is 422. The van der Waals surface area contributed by atoms with Crippen LogP contribution in [0.1, 0.15) is 0 Å². The van der Waals surface area contributed by atoms with Crippen molar-refractivity contribution in [2.24, 2.45) is 0 Å². The van der Waals surface area contributed by atoms with Gasteiger partial charge in [-0.05, 0) is 17.5 Å². The molecule has 0 amide bonds. The van der Waals surface area contributed by atoms with Crippen LogP contribution in [0.4, 0.5) is 9.39 Å². The molecule has 3 heteroatoms. The lowest BCUT2D eigenvalue weighted by Crippen LogP contribution is -1.86. The highest BCUT2D eigenvalue weighted by molar-refractivity contribution is 7.14. The number of nitrogens with two attached hydrogens (primary N) is 1. The fourth-order valence-corrected chi connectivity index (χ4v) is 1.88. The van der Waals surface area contributed by atoms with Gasteiger partial charge < -0.3 is 5.73 Å². The van der Waals surface area contributed by atoms with Crippen molar-refractivity contribution in [3.05, 3.63) is 41.5 Å². The molecular formula is C10H8FNS. The molecule has 0 saturated carbocycles. The fraction of sp³-hybridized carbons (Fsp3) is 0. The third-order valence-electron chi connectivity index (χ3n) is 1.86. The predicted molar refractivity (Wildman–Crippen MR) is 54.1 cm³/mol. The summed E-state index contributed by atoms with van der Waals surface area (Å²) in [5.74, 6) is -0.229. The summed E-state index contributed by atoms with van der Waals surface area (Å²) in [6.45, 7) is 0. The van der Waals surface area contributed by atoms with Crippen molar-refractivity contribution in [1.29, 1.82) is 0 Å². The van der Waals surface area contributed by atoms with Gasteiger partial charge in [0.2, 0.25) is 0 Å². The number of hydrogen-bond acceptors (Lipinski definition) is 2. The van der Waals surface area contributed by atoms with Gasteiger partial charge in [-0.15, -0.1) is 11.3 Å². The maximum Gasteiger partial charge on any atom is 0.131 e. The highest BCUT2D eigenvalue weighted by Crippen LogP contribution is 2.31. The molecule has 0 bridgehead atoms. The molecule has 13 heavy (non-hydrogen) atoms. The van der Waals surface area contributed by atoms with Crippen molar-refractivity contribution < 1.29 is 4.39 Å². The van der Waals surface area contributed by atoms with Gasteiger partial charge in [0.15, 0.2) is 0 Å². The summed E-state index contributed by atoms with van der Waals surface area (Å²) in [5.41, 5.74) is 7.04. The summed E-state index contributed by atoms with van der Waals surface area (Å²) in [6.07, 6.45) is 0. The van der Waals surface area contributed by atoms with Crippen molar-refractivity contribution in [3.63, 3.8) is 0 Å². The summed E-state index contributed by atoms with van der Waals surface area (Å²) in [4.78, 5) is 0. The molecule has 1 aromatic heterocycles. The van der Waals surface area contributed by atoms with Crippen LogP contribution in [0.3, 0.4) is 0 Å². The van der Waals surface area contributed by atoms with Gasteiger partial charge >= 0.3 is 0 Å². The highest BCUT2D eigenvalue weighted by Gasteiger charge is 2.07. The van der Waals surface area contributed by atoms with Crippen molar-refractivity contribution in [1.82, 2.24) is 0 Å². The Morgan fingerprint density at radius 3 is 2.46 bits per heavy atom. The largest absolute Gasteiger partial charge is 0.390 e. The Balaban J connectivity index is 2.59. The maximum atomic E-state index is 13.3. The zero-order valence-corrected chi connectivity index (χ0v) is 7.64. The first-order valence-corrected chi connectivity index (χ1v) is 4.75. The molecule has 0 saturated heterocycles. The molecule has 1 aromatic carbocycles. The lowest BCUT2D eigenvalue weighted by molar-refractivity contribution is 0.631. The average Bonchev–Trinajstić information content (AvgIpc) is 2.52. The molecule has 0 atom stereocenters. The van der Waals surface area contributed by atoms with E-state index in [1.807, 2.05) is 11.4 Å². The Kier molecular flexibility index (Phi) is 2.02. The Labute approximate surface area is 79.6 Å². The third kappa shape index (κ3) is 1.42. The molecule has 0 spiro atoms. The van der Waals surface area contributed by atoms with Gasteiger partial charge in [-0.25, -0.2) is 4.39 Å². The van der Waals surface area contributed by atoms with Crippen LogP contribution < -0.4 is 5.73 Å². The van der Waals surface area contributed by atoms with Crippen LogP contribution >= 0.6 is 11.3 Å². The van der Waals surface area contributed by atoms with Crippen molar-refractivity contribution >= 4 is 16.3 Å². The first kappa shape index (κ1) is 8.26. The van der Waals surface area contributed by atoms with E-state index >= 15 is 0 Å². The first-order valence-electron chi connectivity index (χ1n) is 3.87. The van der Waals surface area contributed by atoms with Gasteiger partial charge in [-0.3, -0.25) is 0 Å². The number of rotatable bonds is 1. The summed E-state index contributed by atoms with van der Waals surface area (Å²) in [7, 11) is 0. The van der Waals surface area contributed by atoms with Crippen LogP contribution in [0.5, 0.6) is 0 Å². The number of hydrogen-bond donors (Lipinski definition) is 1. The van der Waals surface area contributed by atoms with Gasteiger partial charge in [-0.1, -0.05) is 18.2 Å². The second kappa shape index (κ2) is 3.18. The zero-order chi connectivity index (χ0) is 9.26. The fourth-order valence-electron chi connectivity index (χ4n) is 1.22. The molecule has 1 nitrogen and oxygen atoms in total. The molecule has 1 heterocycles. The van der Waals surface area contributed by atoms with E-state index in [1.54, 1.807) is 18.2 Å². The van der Waals surface area contributed by atoms with Crippen LogP contribution in [-0.2, 0) is 0 Å². The standard InChI is InChI=1S/C10H8FNS/c11-9-4-2-1-3-7(9)8-5-6-13-10(8)12/h1-6H,12H2. The molecule has 66 valence electrons. The Morgan fingerprint density at radius 2 is 1.85 bits per heavy atom. The lowest BCUT2D eigenvalue weighted by atomic mass is 10.1. The van der Waals surface area contributed by atoms with E-state index in [-0.39, 0.29) is 5.82 Å². The normalized spacial score (nSPS) is 10.2. The van der Waals surface area contributed by atoms with Crippen molar-refractivity contribution in [2.45, 2.75) is 0 Å². The van der Waals surface area contributed by atoms with E-state index in [4.69, 9.17) is 5.73 Å². The van der Waals surface area contributed by atoms with E-state index in [9.17, 15) is 4.39 Å². The van der Waals surface area contributed by atoms with Crippen molar-refractivity contribution in [3.8, 4) is 11.1 Å². The molecule has 0 aliphatic rings. The molecule has 2 rings (SSSR count). The van der Waals surface area contributed by atoms with Crippen LogP contribution in [0.15, 0.2) is 35.7 Å². The van der Waals surface area contributed by atoms with Gasteiger partial charge in [0.05, 0.1) is 5.00 Å². The molecule has 2 aromatic rings. The van der Waals surface area contributed by atoms with Crippen molar-refractivity contribution in [2.75, 3.05) is 5.73 Å². The minimum atomic E-state index is -0.229. The Hall–Kier alpha value is -1.35. The van der Waals surface area contributed by atoms with Crippen LogP contribution in [-0.4, -0.2) is 0 Å². The molecule has 2 N–H and O–H groups in total. The number of anilines is 1. The van der Waals surface area contributed by atoms with E-state index in [0.717, 1.165) is 5.56 Å². The molecule has 0 fully saturated rings. The highest BCUT2D eigenvalue weighted by atomic mass is 32.1. The van der Waals surface area contributed by atoms with E-state index < -0.39 is 0 Å². The minimum Gasteiger partial charge on any atom is -0.390 e. The van der Waals surface area contributed by atoms with Crippen LogP contribution in [0.25, 0.3) is 11.1 Å². The van der Waals surface area contributed by atoms with Gasteiger partial charge in [-0.2, -0.15) is 0 Å². The summed E-state index contributed by atoms with van der Waals surface area (Å²) in [6, 6.07) is 8.47. The summed E-state index contributed by atoms with van der Waals surface area (Å²) < 4.78 is 13.3. The summed E-state index contributed by atoms with van der Waals surface area (Å²) in [5, 5.41) is 2.52. The Morgan fingerprint density at radius 1 is 1.08 bits per heavy atom. The van der Waals surface area contributed by atoms with Gasteiger partial charge in [0.25, 0.3) is 0 Å². The molecule has 0 aliphatic heterocycles. The summed E-state index contributed by atoms with van der Waals surface area (Å²) >= 11 is 1.42. The number of benzene rings is 1. The maximum absolute atomic E-state index is 13.3. The lowest BCUT2D eigenvalue weighted by Gasteiger charge is -2.00. The molecular weight excluding hydrogens is 185 g/mol. The number of nitrogen functional groups attached to an aromatic ring is 1. The smallest absolute Gasteiger partial charge is 0.131 e. The topological polar surface area (TPSA) is 26.0 Å². The molecule has 0 radical (unpaired) electrons. The average molecular weight is 193 g/mol. The second-order valence-corrected chi connectivity index (χ2v) is 3.63. The van der Waals surface area contributed by atoms with E-state index in [0.29, 0.717) is 10.6 Å². The van der Waals surface area contributed by atoms with Gasteiger partial charge in [0.1, 0.15) is 5.82 Å². The minimum absolute atomic E-state index is 0.229. The SMILES string of the molecule is Nc1sccc1-c1ccccc1F. The van der Waals surface area contributed by atoms with Crippen LogP contribution in [0.2, 0.25) is 0 Å². The van der Waals surface area contributed by atoms with E-state index in [1.165, 1.54) is 17.4 Å². The molecule has 0 unspecified atom stereocenters. The number of halogens is 1. The predicted octanol–water partition coefficient (Wildman–Crippen LogP) is 3.14.